The Balaban J connectivity index is 1.88. The van der Waals surface area contributed by atoms with Crippen LogP contribution in [0.1, 0.15) is 25.3 Å². The summed E-state index contributed by atoms with van der Waals surface area (Å²) in [6, 6.07) is 10.5. The average Bonchev–Trinajstić information content (AvgIpc) is 2.78. The zero-order chi connectivity index (χ0) is 11.4. The summed E-state index contributed by atoms with van der Waals surface area (Å²) in [5.74, 6) is 0.712. The van der Waals surface area contributed by atoms with E-state index < -0.39 is 0 Å². The highest BCUT2D eigenvalue weighted by molar-refractivity contribution is 5.81. The molecule has 1 aliphatic rings. The zero-order valence-electron chi connectivity index (χ0n) is 9.86. The van der Waals surface area contributed by atoms with Gasteiger partial charge in [0, 0.05) is 25.4 Å². The van der Waals surface area contributed by atoms with Crippen molar-refractivity contribution in [3.05, 3.63) is 35.9 Å². The number of hydrogen-bond donors (Lipinski definition) is 0. The van der Waals surface area contributed by atoms with Gasteiger partial charge in [0.25, 0.3) is 0 Å². The molecule has 1 heterocycles. The van der Waals surface area contributed by atoms with Gasteiger partial charge in [-0.3, -0.25) is 9.69 Å². The Morgan fingerprint density at radius 3 is 2.81 bits per heavy atom. The molecule has 1 atom stereocenters. The third kappa shape index (κ3) is 2.70. The Labute approximate surface area is 97.3 Å². The first-order valence-corrected chi connectivity index (χ1v) is 6.08. The fourth-order valence-electron chi connectivity index (χ4n) is 2.37. The van der Waals surface area contributed by atoms with Crippen molar-refractivity contribution < 1.29 is 4.79 Å². The van der Waals surface area contributed by atoms with Gasteiger partial charge in [-0.2, -0.15) is 0 Å². The Morgan fingerprint density at radius 2 is 2.12 bits per heavy atom. The molecule has 0 aliphatic carbocycles. The van der Waals surface area contributed by atoms with Gasteiger partial charge in [0.05, 0.1) is 0 Å². The van der Waals surface area contributed by atoms with Crippen molar-refractivity contribution in [3.8, 4) is 0 Å². The van der Waals surface area contributed by atoms with E-state index in [4.69, 9.17) is 0 Å². The van der Waals surface area contributed by atoms with Crippen LogP contribution in [-0.4, -0.2) is 23.8 Å². The summed E-state index contributed by atoms with van der Waals surface area (Å²) < 4.78 is 0. The van der Waals surface area contributed by atoms with Crippen LogP contribution in [0, 0.1) is 5.92 Å². The molecule has 2 heteroatoms. The molecule has 86 valence electrons. The highest BCUT2D eigenvalue weighted by Gasteiger charge is 2.26. The average molecular weight is 217 g/mol. The summed E-state index contributed by atoms with van der Waals surface area (Å²) in [6.45, 7) is 4.95. The van der Waals surface area contributed by atoms with Gasteiger partial charge in [-0.1, -0.05) is 37.3 Å². The number of benzene rings is 1. The largest absolute Gasteiger partial charge is 0.299 e. The number of nitrogens with zero attached hydrogens (tertiary/aromatic N) is 1. The van der Waals surface area contributed by atoms with Crippen molar-refractivity contribution >= 4 is 5.78 Å². The number of carbonyl (C=O) groups excluding carboxylic acids is 1. The van der Waals surface area contributed by atoms with Crippen molar-refractivity contribution in [3.63, 3.8) is 0 Å². The van der Waals surface area contributed by atoms with Crippen LogP contribution < -0.4 is 0 Å². The molecular weight excluding hydrogens is 198 g/mol. The van der Waals surface area contributed by atoms with Crippen LogP contribution >= 0.6 is 0 Å². The molecule has 0 amide bonds. The Bertz CT molecular complexity index is 347. The second-order valence-corrected chi connectivity index (χ2v) is 4.53. The van der Waals surface area contributed by atoms with Gasteiger partial charge in [0.15, 0.2) is 0 Å². The highest BCUT2D eigenvalue weighted by Crippen LogP contribution is 2.20. The molecule has 0 unspecified atom stereocenters. The normalized spacial score (nSPS) is 21.2. The molecule has 0 bridgehead atoms. The molecule has 0 spiro atoms. The predicted molar refractivity (Wildman–Crippen MR) is 65.1 cm³/mol. The highest BCUT2D eigenvalue weighted by atomic mass is 16.1. The van der Waals surface area contributed by atoms with E-state index in [1.807, 2.05) is 13.0 Å². The third-order valence-corrected chi connectivity index (χ3v) is 3.33. The number of rotatable bonds is 4. The van der Waals surface area contributed by atoms with Gasteiger partial charge < -0.3 is 0 Å². The fraction of sp³-hybridized carbons (Fsp3) is 0.500. The lowest BCUT2D eigenvalue weighted by Crippen LogP contribution is -2.22. The summed E-state index contributed by atoms with van der Waals surface area (Å²) in [5.41, 5.74) is 1.34. The van der Waals surface area contributed by atoms with Gasteiger partial charge >= 0.3 is 0 Å². The summed E-state index contributed by atoms with van der Waals surface area (Å²) in [6.07, 6.45) is 1.73. The summed E-state index contributed by atoms with van der Waals surface area (Å²) >= 11 is 0. The van der Waals surface area contributed by atoms with Gasteiger partial charge in [-0.15, -0.1) is 0 Å². The monoisotopic (exact) mass is 217 g/mol. The second kappa shape index (κ2) is 5.26. The lowest BCUT2D eigenvalue weighted by atomic mass is 10.0. The van der Waals surface area contributed by atoms with Crippen molar-refractivity contribution in [1.82, 2.24) is 4.90 Å². The van der Waals surface area contributed by atoms with Crippen LogP contribution in [0.5, 0.6) is 0 Å². The van der Waals surface area contributed by atoms with Crippen molar-refractivity contribution in [1.29, 1.82) is 0 Å². The van der Waals surface area contributed by atoms with Crippen molar-refractivity contribution in [2.75, 3.05) is 13.1 Å². The van der Waals surface area contributed by atoms with Gasteiger partial charge in [-0.25, -0.2) is 0 Å². The molecule has 0 radical (unpaired) electrons. The first-order valence-electron chi connectivity index (χ1n) is 6.08. The van der Waals surface area contributed by atoms with E-state index in [0.29, 0.717) is 12.2 Å². The summed E-state index contributed by atoms with van der Waals surface area (Å²) in [4.78, 5) is 14.0. The molecular formula is C14H19NO. The molecule has 1 aromatic carbocycles. The van der Waals surface area contributed by atoms with Crippen LogP contribution in [0.4, 0.5) is 0 Å². The van der Waals surface area contributed by atoms with Gasteiger partial charge in [-0.05, 0) is 18.5 Å². The minimum absolute atomic E-state index is 0.286. The maximum Gasteiger partial charge on any atom is 0.137 e. The molecule has 16 heavy (non-hydrogen) atoms. The third-order valence-electron chi connectivity index (χ3n) is 3.33. The Kier molecular flexibility index (Phi) is 3.73. The molecule has 0 aromatic heterocycles. The minimum Gasteiger partial charge on any atom is -0.299 e. The first kappa shape index (κ1) is 11.3. The van der Waals surface area contributed by atoms with E-state index in [1.165, 1.54) is 5.56 Å². The van der Waals surface area contributed by atoms with E-state index in [1.54, 1.807) is 0 Å². The van der Waals surface area contributed by atoms with Gasteiger partial charge in [0.2, 0.25) is 0 Å². The molecule has 2 nitrogen and oxygen atoms in total. The van der Waals surface area contributed by atoms with Crippen molar-refractivity contribution in [2.45, 2.75) is 26.3 Å². The van der Waals surface area contributed by atoms with E-state index in [0.717, 1.165) is 26.1 Å². The van der Waals surface area contributed by atoms with Crippen LogP contribution in [0.15, 0.2) is 30.3 Å². The quantitative estimate of drug-likeness (QED) is 0.772. The molecule has 0 N–H and O–H groups in total. The maximum atomic E-state index is 11.6. The lowest BCUT2D eigenvalue weighted by Gasteiger charge is -2.15. The number of Topliss-reactive ketones (excluding diaryl/α,β-unsaturated/α-hetero) is 1. The summed E-state index contributed by atoms with van der Waals surface area (Å²) in [7, 11) is 0. The zero-order valence-corrected chi connectivity index (χ0v) is 9.86. The van der Waals surface area contributed by atoms with Crippen molar-refractivity contribution in [2.24, 2.45) is 5.92 Å². The number of likely N-dealkylation sites (tertiary alicyclic amines) is 1. The standard InChI is InChI=1S/C14H19NO/c1-2-14(16)13-8-9-15(11-13)10-12-6-4-3-5-7-12/h3-7,13H,2,8-11H2,1H3/t13-/m1/s1. The lowest BCUT2D eigenvalue weighted by molar-refractivity contribution is -0.122. The van der Waals surface area contributed by atoms with E-state index in [9.17, 15) is 4.79 Å². The van der Waals surface area contributed by atoms with Crippen LogP contribution in [0.3, 0.4) is 0 Å². The molecule has 1 aliphatic heterocycles. The van der Waals surface area contributed by atoms with Crippen LogP contribution in [-0.2, 0) is 11.3 Å². The topological polar surface area (TPSA) is 20.3 Å². The SMILES string of the molecule is CCC(=O)[C@@H]1CCN(Cc2ccccc2)C1. The van der Waals surface area contributed by atoms with E-state index in [2.05, 4.69) is 29.2 Å². The maximum absolute atomic E-state index is 11.6. The van der Waals surface area contributed by atoms with E-state index >= 15 is 0 Å². The molecule has 1 fully saturated rings. The van der Waals surface area contributed by atoms with Gasteiger partial charge in [0.1, 0.15) is 5.78 Å². The first-order chi connectivity index (χ1) is 7.79. The smallest absolute Gasteiger partial charge is 0.137 e. The second-order valence-electron chi connectivity index (χ2n) is 4.53. The minimum atomic E-state index is 0.286. The number of ketones is 1. The van der Waals surface area contributed by atoms with Crippen LogP contribution in [0.25, 0.3) is 0 Å². The summed E-state index contributed by atoms with van der Waals surface area (Å²) in [5, 5.41) is 0. The molecule has 2 rings (SSSR count). The number of hydrogen-bond acceptors (Lipinski definition) is 2. The van der Waals surface area contributed by atoms with E-state index in [-0.39, 0.29) is 5.92 Å². The Hall–Kier alpha value is -1.15. The number of carbonyl (C=O) groups is 1. The molecule has 1 aromatic rings. The molecule has 1 saturated heterocycles. The Morgan fingerprint density at radius 1 is 1.38 bits per heavy atom. The fourth-order valence-corrected chi connectivity index (χ4v) is 2.37. The molecule has 0 saturated carbocycles. The van der Waals surface area contributed by atoms with Crippen LogP contribution in [0.2, 0.25) is 0 Å². The predicted octanol–water partition coefficient (Wildman–Crippen LogP) is 2.49.